The van der Waals surface area contributed by atoms with Crippen LogP contribution in [0.2, 0.25) is 0 Å². The second-order valence-electron chi connectivity index (χ2n) is 7.45. The van der Waals surface area contributed by atoms with Crippen molar-refractivity contribution in [3.05, 3.63) is 36.0 Å². The summed E-state index contributed by atoms with van der Waals surface area (Å²) in [6, 6.07) is 8.16. The van der Waals surface area contributed by atoms with Gasteiger partial charge in [-0.3, -0.25) is 0 Å². The number of nitrogens with one attached hydrogen (secondary N) is 2. The fourth-order valence-electron chi connectivity index (χ4n) is 3.09. The molecule has 3 rings (SSSR count). The van der Waals surface area contributed by atoms with Crippen molar-refractivity contribution in [2.24, 2.45) is 0 Å². The Hall–Kier alpha value is -2.05. The third-order valence-electron chi connectivity index (χ3n) is 4.26. The number of benzene rings is 1. The van der Waals surface area contributed by atoms with Crippen LogP contribution in [-0.2, 0) is 11.3 Å². The van der Waals surface area contributed by atoms with Gasteiger partial charge in [0.05, 0.1) is 6.54 Å². The van der Waals surface area contributed by atoms with Gasteiger partial charge < -0.3 is 15.0 Å². The highest BCUT2D eigenvalue weighted by Gasteiger charge is 2.28. The van der Waals surface area contributed by atoms with Gasteiger partial charge in [-0.15, -0.1) is 0 Å². The lowest BCUT2D eigenvalue weighted by Crippen LogP contribution is -2.49. The number of aromatic amines is 1. The first-order valence-corrected chi connectivity index (χ1v) is 8.95. The lowest BCUT2D eigenvalue weighted by Gasteiger charge is -2.35. The van der Waals surface area contributed by atoms with Gasteiger partial charge in [-0.2, -0.15) is 0 Å². The number of nitrogens with zero attached hydrogens (tertiary/aromatic N) is 2. The Morgan fingerprint density at radius 2 is 2.04 bits per heavy atom. The van der Waals surface area contributed by atoms with Gasteiger partial charge in [0.25, 0.3) is 0 Å². The number of hydrogen-bond acceptors (Lipinski definition) is 4. The second kappa shape index (κ2) is 7.45. The highest BCUT2D eigenvalue weighted by molar-refractivity contribution is 5.83. The third kappa shape index (κ3) is 4.52. The van der Waals surface area contributed by atoms with E-state index in [1.165, 1.54) is 0 Å². The lowest BCUT2D eigenvalue weighted by atomic mass is 10.2. The molecule has 0 spiro atoms. The van der Waals surface area contributed by atoms with Crippen LogP contribution in [-0.4, -0.2) is 52.9 Å². The van der Waals surface area contributed by atoms with E-state index in [-0.39, 0.29) is 6.09 Å². The summed E-state index contributed by atoms with van der Waals surface area (Å²) in [5, 5.41) is 8.39. The van der Waals surface area contributed by atoms with Crippen LogP contribution in [0.25, 0.3) is 10.9 Å². The molecule has 0 saturated carbocycles. The molecule has 25 heavy (non-hydrogen) atoms. The van der Waals surface area contributed by atoms with Crippen LogP contribution in [0.1, 0.15) is 32.8 Å². The molecule has 1 amide bonds. The van der Waals surface area contributed by atoms with Crippen molar-refractivity contribution in [1.29, 1.82) is 0 Å². The van der Waals surface area contributed by atoms with Crippen molar-refractivity contribution in [2.75, 3.05) is 26.2 Å². The largest absolute Gasteiger partial charge is 0.443 e. The Balaban J connectivity index is 1.85. The molecule has 0 atom stereocenters. The van der Waals surface area contributed by atoms with Crippen molar-refractivity contribution in [1.82, 2.24) is 20.3 Å². The summed E-state index contributed by atoms with van der Waals surface area (Å²) >= 11 is 0. The molecule has 0 radical (unpaired) electrons. The average molecular weight is 344 g/mol. The van der Waals surface area contributed by atoms with E-state index < -0.39 is 5.60 Å². The normalized spacial score (nSPS) is 16.6. The molecule has 1 aromatic heterocycles. The van der Waals surface area contributed by atoms with Crippen LogP contribution in [0, 0.1) is 0 Å². The molecule has 1 aliphatic heterocycles. The van der Waals surface area contributed by atoms with Crippen LogP contribution in [0.15, 0.2) is 30.5 Å². The summed E-state index contributed by atoms with van der Waals surface area (Å²) in [5.74, 6) is 0. The van der Waals surface area contributed by atoms with Crippen molar-refractivity contribution < 1.29 is 9.53 Å². The summed E-state index contributed by atoms with van der Waals surface area (Å²) in [6.45, 7) is 9.68. The summed E-state index contributed by atoms with van der Waals surface area (Å²) in [6.07, 6.45) is 2.70. The van der Waals surface area contributed by atoms with Crippen LogP contribution in [0.5, 0.6) is 0 Å². The maximum atomic E-state index is 12.9. The van der Waals surface area contributed by atoms with Crippen molar-refractivity contribution in [3.8, 4) is 0 Å². The van der Waals surface area contributed by atoms with Crippen molar-refractivity contribution in [3.63, 3.8) is 0 Å². The van der Waals surface area contributed by atoms with Gasteiger partial charge in [-0.05, 0) is 45.4 Å². The van der Waals surface area contributed by atoms with Gasteiger partial charge in [0.1, 0.15) is 5.60 Å². The van der Waals surface area contributed by atoms with Crippen molar-refractivity contribution in [2.45, 2.75) is 39.3 Å². The Morgan fingerprint density at radius 1 is 1.24 bits per heavy atom. The number of H-pyrrole nitrogens is 1. The standard InChI is InChI=1S/C19H28N4O2/c1-19(2,3)25-18(24)23(22-11-6-9-20-10-12-22)14-15-13-21-17-8-5-4-7-16(15)17/h4-5,7-8,13,20-21H,6,9-12,14H2,1-3H3. The maximum absolute atomic E-state index is 12.9. The number of hydrogen-bond donors (Lipinski definition) is 2. The molecule has 6 heteroatoms. The summed E-state index contributed by atoms with van der Waals surface area (Å²) < 4.78 is 5.67. The zero-order valence-corrected chi connectivity index (χ0v) is 15.3. The molecule has 2 heterocycles. The predicted molar refractivity (Wildman–Crippen MR) is 99.1 cm³/mol. The number of fused-ring (bicyclic) bond motifs is 1. The molecule has 1 aliphatic rings. The molecule has 0 bridgehead atoms. The number of hydrazine groups is 1. The number of aromatic nitrogens is 1. The highest BCUT2D eigenvalue weighted by atomic mass is 16.6. The topological polar surface area (TPSA) is 60.6 Å². The fourth-order valence-corrected chi connectivity index (χ4v) is 3.09. The molecule has 0 unspecified atom stereocenters. The number of ether oxygens (including phenoxy) is 1. The van der Waals surface area contributed by atoms with Crippen LogP contribution < -0.4 is 5.32 Å². The van der Waals surface area contributed by atoms with Crippen LogP contribution in [0.4, 0.5) is 4.79 Å². The minimum absolute atomic E-state index is 0.292. The molecule has 1 fully saturated rings. The van der Waals surface area contributed by atoms with Gasteiger partial charge >= 0.3 is 6.09 Å². The molecule has 1 aromatic carbocycles. The van der Waals surface area contributed by atoms with E-state index in [0.29, 0.717) is 6.54 Å². The van der Waals surface area contributed by atoms with Gasteiger partial charge in [0.2, 0.25) is 0 Å². The zero-order chi connectivity index (χ0) is 17.9. The van der Waals surface area contributed by atoms with E-state index in [2.05, 4.69) is 21.4 Å². The molecule has 2 aromatic rings. The lowest BCUT2D eigenvalue weighted by molar-refractivity contribution is -0.0529. The third-order valence-corrected chi connectivity index (χ3v) is 4.26. The van der Waals surface area contributed by atoms with E-state index in [1.807, 2.05) is 45.2 Å². The Kier molecular flexibility index (Phi) is 5.30. The summed E-state index contributed by atoms with van der Waals surface area (Å²) in [4.78, 5) is 16.2. The molecule has 1 saturated heterocycles. The number of para-hydroxylation sites is 1. The van der Waals surface area contributed by atoms with Gasteiger partial charge in [0.15, 0.2) is 0 Å². The van der Waals surface area contributed by atoms with E-state index in [0.717, 1.165) is 49.1 Å². The van der Waals surface area contributed by atoms with E-state index in [1.54, 1.807) is 5.01 Å². The van der Waals surface area contributed by atoms with Crippen LogP contribution in [0.3, 0.4) is 0 Å². The van der Waals surface area contributed by atoms with Gasteiger partial charge in [0, 0.05) is 36.7 Å². The second-order valence-corrected chi connectivity index (χ2v) is 7.45. The molecule has 6 nitrogen and oxygen atoms in total. The van der Waals surface area contributed by atoms with Gasteiger partial charge in [-0.25, -0.2) is 14.8 Å². The predicted octanol–water partition coefficient (Wildman–Crippen LogP) is 3.12. The quantitative estimate of drug-likeness (QED) is 0.898. The molecule has 2 N–H and O–H groups in total. The maximum Gasteiger partial charge on any atom is 0.425 e. The van der Waals surface area contributed by atoms with E-state index in [4.69, 9.17) is 4.74 Å². The first kappa shape index (κ1) is 17.8. The number of carbonyl (C=O) groups is 1. The Bertz CT molecular complexity index is 712. The van der Waals surface area contributed by atoms with E-state index in [9.17, 15) is 4.79 Å². The SMILES string of the molecule is CC(C)(C)OC(=O)N(Cc1c[nH]c2ccccc12)N1CCCNCC1. The molecule has 0 aliphatic carbocycles. The van der Waals surface area contributed by atoms with E-state index >= 15 is 0 Å². The Labute approximate surface area is 149 Å². The Morgan fingerprint density at radius 3 is 2.84 bits per heavy atom. The monoisotopic (exact) mass is 344 g/mol. The summed E-state index contributed by atoms with van der Waals surface area (Å²) in [7, 11) is 0. The number of rotatable bonds is 3. The minimum Gasteiger partial charge on any atom is -0.443 e. The fraction of sp³-hybridized carbons (Fsp3) is 0.526. The number of carbonyl (C=O) groups excluding carboxylic acids is 1. The molecule has 136 valence electrons. The zero-order valence-electron chi connectivity index (χ0n) is 15.3. The molecular formula is C19H28N4O2. The minimum atomic E-state index is -0.514. The first-order valence-electron chi connectivity index (χ1n) is 8.95. The average Bonchev–Trinajstić information content (AvgIpc) is 2.76. The van der Waals surface area contributed by atoms with Gasteiger partial charge in [-0.1, -0.05) is 18.2 Å². The smallest absolute Gasteiger partial charge is 0.425 e. The summed E-state index contributed by atoms with van der Waals surface area (Å²) in [5.41, 5.74) is 1.66. The highest BCUT2D eigenvalue weighted by Crippen LogP contribution is 2.22. The van der Waals surface area contributed by atoms with Crippen molar-refractivity contribution >= 4 is 17.0 Å². The number of amides is 1. The first-order chi connectivity index (χ1) is 11.9. The van der Waals surface area contributed by atoms with Crippen LogP contribution >= 0.6 is 0 Å². The molecular weight excluding hydrogens is 316 g/mol.